The molecule has 3 heteroatoms. The van der Waals surface area contributed by atoms with Gasteiger partial charge in [0.25, 0.3) is 0 Å². The van der Waals surface area contributed by atoms with Gasteiger partial charge in [-0.2, -0.15) is 0 Å². The molecular formula is C17H16O3. The number of hydrogen-bond acceptors (Lipinski definition) is 2. The molecule has 0 spiro atoms. The Bertz CT molecular complexity index is 672. The normalized spacial score (nSPS) is 11.2. The molecule has 102 valence electrons. The van der Waals surface area contributed by atoms with Gasteiger partial charge in [0.15, 0.2) is 5.78 Å². The lowest BCUT2D eigenvalue weighted by Crippen LogP contribution is -2.16. The number of carbonyl (C=O) groups excluding carboxylic acids is 1. The molecule has 0 aromatic heterocycles. The summed E-state index contributed by atoms with van der Waals surface area (Å²) in [5, 5.41) is 8.57. The zero-order chi connectivity index (χ0) is 14.9. The van der Waals surface area contributed by atoms with Crippen molar-refractivity contribution in [3.05, 3.63) is 69.8 Å². The van der Waals surface area contributed by atoms with Crippen molar-refractivity contribution in [1.82, 2.24) is 0 Å². The average Bonchev–Trinajstić information content (AvgIpc) is 2.37. The van der Waals surface area contributed by atoms with Crippen LogP contribution in [0.2, 0.25) is 0 Å². The van der Waals surface area contributed by atoms with Crippen LogP contribution < -0.4 is 0 Å². The topological polar surface area (TPSA) is 54.4 Å². The summed E-state index contributed by atoms with van der Waals surface area (Å²) in [6.45, 7) is 5.73. The Kier molecular flexibility index (Phi) is 3.70. The summed E-state index contributed by atoms with van der Waals surface area (Å²) in [5.41, 5.74) is 5.20. The van der Waals surface area contributed by atoms with Crippen LogP contribution in [-0.2, 0) is 0 Å². The lowest BCUT2D eigenvalue weighted by molar-refractivity contribution is 0.0696. The van der Waals surface area contributed by atoms with E-state index in [1.165, 1.54) is 0 Å². The molecule has 0 unspecified atom stereocenters. The molecule has 0 heterocycles. The third-order valence-electron chi connectivity index (χ3n) is 3.44. The van der Waals surface area contributed by atoms with Crippen molar-refractivity contribution >= 4 is 11.8 Å². The fourth-order valence-corrected chi connectivity index (χ4v) is 2.22. The summed E-state index contributed by atoms with van der Waals surface area (Å²) < 4.78 is 0. The first-order valence-corrected chi connectivity index (χ1v) is 6.36. The molecule has 0 atom stereocenters. The highest BCUT2D eigenvalue weighted by Gasteiger charge is 2.24. The van der Waals surface area contributed by atoms with E-state index in [-0.39, 0.29) is 5.78 Å². The molecule has 2 bridgehead atoms. The van der Waals surface area contributed by atoms with E-state index in [1.54, 1.807) is 25.1 Å². The van der Waals surface area contributed by atoms with Gasteiger partial charge in [0.05, 0.1) is 5.56 Å². The van der Waals surface area contributed by atoms with Gasteiger partial charge in [-0.3, -0.25) is 4.79 Å². The number of benzene rings is 2. The van der Waals surface area contributed by atoms with Crippen LogP contribution in [0.25, 0.3) is 0 Å². The number of fused-ring (bicyclic) bond motifs is 2. The molecule has 3 nitrogen and oxygen atoms in total. The van der Waals surface area contributed by atoms with E-state index >= 15 is 0 Å². The van der Waals surface area contributed by atoms with Crippen molar-refractivity contribution in [2.45, 2.75) is 20.8 Å². The number of hydrogen-bond donors (Lipinski definition) is 1. The van der Waals surface area contributed by atoms with Crippen molar-refractivity contribution in [1.29, 1.82) is 0 Å². The van der Waals surface area contributed by atoms with Crippen LogP contribution in [0.15, 0.2) is 36.4 Å². The maximum atomic E-state index is 11.1. The van der Waals surface area contributed by atoms with Crippen LogP contribution in [0.5, 0.6) is 0 Å². The monoisotopic (exact) mass is 268 g/mol. The number of carboxylic acids is 1. The van der Waals surface area contributed by atoms with Gasteiger partial charge in [0.1, 0.15) is 0 Å². The summed E-state index contributed by atoms with van der Waals surface area (Å²) in [6.07, 6.45) is 0. The Balaban J connectivity index is 0.000000147. The Morgan fingerprint density at radius 1 is 0.900 bits per heavy atom. The van der Waals surface area contributed by atoms with Crippen molar-refractivity contribution in [3.8, 4) is 0 Å². The Morgan fingerprint density at radius 2 is 1.45 bits per heavy atom. The number of aryl methyl sites for hydroxylation is 3. The Labute approximate surface area is 117 Å². The molecule has 2 aromatic carbocycles. The van der Waals surface area contributed by atoms with Gasteiger partial charge in [0.2, 0.25) is 0 Å². The second-order valence-electron chi connectivity index (χ2n) is 4.93. The molecule has 2 aliphatic carbocycles. The van der Waals surface area contributed by atoms with E-state index in [2.05, 4.69) is 6.07 Å². The third kappa shape index (κ3) is 2.48. The van der Waals surface area contributed by atoms with E-state index < -0.39 is 5.97 Å². The smallest absolute Gasteiger partial charge is 0.335 e. The van der Waals surface area contributed by atoms with Crippen LogP contribution in [0.4, 0.5) is 0 Å². The largest absolute Gasteiger partial charge is 0.478 e. The predicted molar refractivity (Wildman–Crippen MR) is 77.5 cm³/mol. The van der Waals surface area contributed by atoms with E-state index in [9.17, 15) is 9.59 Å². The average molecular weight is 268 g/mol. The summed E-state index contributed by atoms with van der Waals surface area (Å²) in [7, 11) is 0. The van der Waals surface area contributed by atoms with Crippen molar-refractivity contribution in [3.63, 3.8) is 0 Å². The molecule has 0 saturated heterocycles. The highest BCUT2D eigenvalue weighted by atomic mass is 16.4. The highest BCUT2D eigenvalue weighted by molar-refractivity contribution is 6.18. The quantitative estimate of drug-likeness (QED) is 0.734. The zero-order valence-electron chi connectivity index (χ0n) is 11.7. The van der Waals surface area contributed by atoms with Crippen molar-refractivity contribution in [2.75, 3.05) is 0 Å². The lowest BCUT2D eigenvalue weighted by Gasteiger charge is -2.18. The highest BCUT2D eigenvalue weighted by Crippen LogP contribution is 2.28. The number of carboxylic acid groups (broad SMARTS) is 1. The van der Waals surface area contributed by atoms with Crippen LogP contribution in [-0.4, -0.2) is 16.9 Å². The minimum atomic E-state index is -0.863. The molecule has 20 heavy (non-hydrogen) atoms. The summed E-state index contributed by atoms with van der Waals surface area (Å²) >= 11 is 0. The summed E-state index contributed by atoms with van der Waals surface area (Å²) in [4.78, 5) is 21.5. The minimum Gasteiger partial charge on any atom is -0.478 e. The predicted octanol–water partition coefficient (Wildman–Crippen LogP) is 3.54. The molecular weight excluding hydrogens is 252 g/mol. The van der Waals surface area contributed by atoms with Gasteiger partial charge in [-0.25, -0.2) is 4.79 Å². The van der Waals surface area contributed by atoms with Crippen LogP contribution >= 0.6 is 0 Å². The SMILES string of the molecule is Cc1cc(C)c2cc1C2=O.Cc1ccccc1C(=O)O. The maximum absolute atomic E-state index is 11.1. The summed E-state index contributed by atoms with van der Waals surface area (Å²) in [5.74, 6) is -0.629. The maximum Gasteiger partial charge on any atom is 0.335 e. The van der Waals surface area contributed by atoms with Crippen LogP contribution in [0, 0.1) is 20.8 Å². The van der Waals surface area contributed by atoms with Gasteiger partial charge in [0, 0.05) is 11.1 Å². The number of carbonyl (C=O) groups is 2. The molecule has 0 amide bonds. The first-order valence-electron chi connectivity index (χ1n) is 6.36. The lowest BCUT2D eigenvalue weighted by atomic mass is 9.84. The van der Waals surface area contributed by atoms with Gasteiger partial charge >= 0.3 is 5.97 Å². The van der Waals surface area contributed by atoms with Crippen molar-refractivity contribution in [2.24, 2.45) is 0 Å². The molecule has 1 N–H and O–H groups in total. The molecule has 0 radical (unpaired) electrons. The fourth-order valence-electron chi connectivity index (χ4n) is 2.22. The molecule has 0 aliphatic heterocycles. The second-order valence-corrected chi connectivity index (χ2v) is 4.93. The number of aromatic carboxylic acids is 1. The van der Waals surface area contributed by atoms with E-state index in [0.29, 0.717) is 5.56 Å². The molecule has 0 saturated carbocycles. The zero-order valence-corrected chi connectivity index (χ0v) is 11.7. The van der Waals surface area contributed by atoms with Gasteiger partial charge in [-0.15, -0.1) is 0 Å². The Morgan fingerprint density at radius 3 is 1.80 bits per heavy atom. The molecule has 2 aromatic rings. The number of ketones is 1. The third-order valence-corrected chi connectivity index (χ3v) is 3.44. The first-order chi connectivity index (χ1) is 9.41. The Hall–Kier alpha value is -2.42. The van der Waals surface area contributed by atoms with Gasteiger partial charge in [-0.05, 0) is 49.6 Å². The number of rotatable bonds is 1. The first kappa shape index (κ1) is 14.0. The second kappa shape index (κ2) is 5.29. The van der Waals surface area contributed by atoms with E-state index in [0.717, 1.165) is 27.8 Å². The van der Waals surface area contributed by atoms with Gasteiger partial charge < -0.3 is 5.11 Å². The van der Waals surface area contributed by atoms with Gasteiger partial charge in [-0.1, -0.05) is 24.3 Å². The van der Waals surface area contributed by atoms with E-state index in [1.807, 2.05) is 26.0 Å². The molecule has 4 rings (SSSR count). The standard InChI is InChI=1S/C9H8O.C8H8O2/c1-5-3-6(2)8-4-7(5)9(8)10;1-6-4-2-3-5-7(6)8(9)10/h3-4H,1-2H3;2-5H,1H3,(H,9,10). The minimum absolute atomic E-state index is 0.234. The van der Waals surface area contributed by atoms with Crippen molar-refractivity contribution < 1.29 is 14.7 Å². The van der Waals surface area contributed by atoms with Crippen LogP contribution in [0.1, 0.15) is 43.0 Å². The molecule has 2 aliphatic rings. The summed E-state index contributed by atoms with van der Waals surface area (Å²) in [6, 6.07) is 10.9. The molecule has 0 fully saturated rings. The van der Waals surface area contributed by atoms with E-state index in [4.69, 9.17) is 5.11 Å². The fraction of sp³-hybridized carbons (Fsp3) is 0.176. The van der Waals surface area contributed by atoms with Crippen LogP contribution in [0.3, 0.4) is 0 Å².